The lowest BCUT2D eigenvalue weighted by molar-refractivity contribution is 0.0920. The van der Waals surface area contributed by atoms with E-state index in [2.05, 4.69) is 10.4 Å². The van der Waals surface area contributed by atoms with Crippen molar-refractivity contribution < 1.29 is 9.90 Å². The molecule has 2 N–H and O–H groups in total. The number of aliphatic hydroxyl groups excluding tert-OH is 1. The van der Waals surface area contributed by atoms with Crippen molar-refractivity contribution in [2.24, 2.45) is 7.05 Å². The molecule has 0 aliphatic heterocycles. The maximum atomic E-state index is 12.1. The smallest absolute Gasteiger partial charge is 0.270 e. The molecule has 1 aromatic heterocycles. The number of hydrogen-bond donors (Lipinski definition) is 2. The zero-order valence-corrected chi connectivity index (χ0v) is 10.8. The Morgan fingerprint density at radius 1 is 1.37 bits per heavy atom. The minimum atomic E-state index is -0.200. The largest absolute Gasteiger partial charge is 0.396 e. The molecule has 0 spiro atoms. The summed E-state index contributed by atoms with van der Waals surface area (Å²) in [5.41, 5.74) is 1.48. The van der Waals surface area contributed by atoms with Crippen molar-refractivity contribution in [1.29, 1.82) is 0 Å². The number of benzene rings is 1. The molecule has 1 atom stereocenters. The first kappa shape index (κ1) is 13.3. The Morgan fingerprint density at radius 2 is 2.11 bits per heavy atom. The molecule has 1 unspecified atom stereocenters. The van der Waals surface area contributed by atoms with E-state index in [1.54, 1.807) is 19.3 Å². The van der Waals surface area contributed by atoms with Crippen molar-refractivity contribution in [3.8, 4) is 0 Å². The molecule has 1 amide bonds. The van der Waals surface area contributed by atoms with Gasteiger partial charge in [-0.15, -0.1) is 0 Å². The summed E-state index contributed by atoms with van der Waals surface area (Å²) in [4.78, 5) is 12.1. The summed E-state index contributed by atoms with van der Waals surface area (Å²) >= 11 is 0. The van der Waals surface area contributed by atoms with Crippen LogP contribution in [-0.2, 0) is 7.05 Å². The van der Waals surface area contributed by atoms with Gasteiger partial charge in [0, 0.05) is 19.9 Å². The Labute approximate surface area is 111 Å². The fraction of sp³-hybridized carbons (Fsp3) is 0.286. The van der Waals surface area contributed by atoms with Crippen molar-refractivity contribution in [3.05, 3.63) is 53.9 Å². The third kappa shape index (κ3) is 3.20. The number of carbonyl (C=O) groups is 1. The standard InChI is InChI=1S/C14H17N3O2/c1-17-13(7-9-15-17)14(19)16-12(8-10-18)11-5-3-2-4-6-11/h2-7,9,12,18H,8,10H2,1H3,(H,16,19). The van der Waals surface area contributed by atoms with Crippen LogP contribution in [0.4, 0.5) is 0 Å². The lowest BCUT2D eigenvalue weighted by Crippen LogP contribution is -2.30. The number of aliphatic hydroxyl groups is 1. The molecule has 2 aromatic rings. The average molecular weight is 259 g/mol. The van der Waals surface area contributed by atoms with E-state index in [1.807, 2.05) is 30.3 Å². The van der Waals surface area contributed by atoms with Crippen LogP contribution in [0.2, 0.25) is 0 Å². The molecule has 0 aliphatic carbocycles. The van der Waals surface area contributed by atoms with Gasteiger partial charge in [-0.3, -0.25) is 9.48 Å². The van der Waals surface area contributed by atoms with Crippen molar-refractivity contribution in [3.63, 3.8) is 0 Å². The Kier molecular flexibility index (Phi) is 4.30. The molecule has 1 heterocycles. The molecule has 0 saturated carbocycles. The van der Waals surface area contributed by atoms with Crippen LogP contribution in [0, 0.1) is 0 Å². The average Bonchev–Trinajstić information content (AvgIpc) is 2.85. The van der Waals surface area contributed by atoms with Gasteiger partial charge in [-0.25, -0.2) is 0 Å². The second-order valence-corrected chi connectivity index (χ2v) is 4.29. The number of hydrogen-bond acceptors (Lipinski definition) is 3. The van der Waals surface area contributed by atoms with E-state index in [4.69, 9.17) is 5.11 Å². The van der Waals surface area contributed by atoms with Crippen LogP contribution in [-0.4, -0.2) is 27.4 Å². The van der Waals surface area contributed by atoms with Crippen LogP contribution in [0.25, 0.3) is 0 Å². The number of aryl methyl sites for hydroxylation is 1. The number of nitrogens with zero attached hydrogens (tertiary/aromatic N) is 2. The van der Waals surface area contributed by atoms with Crippen molar-refractivity contribution in [2.45, 2.75) is 12.5 Å². The van der Waals surface area contributed by atoms with Gasteiger partial charge in [0.15, 0.2) is 0 Å². The normalized spacial score (nSPS) is 12.1. The molecule has 2 rings (SSSR count). The predicted octanol–water partition coefficient (Wildman–Crippen LogP) is 1.27. The summed E-state index contributed by atoms with van der Waals surface area (Å²) in [6, 6.07) is 11.1. The van der Waals surface area contributed by atoms with E-state index in [9.17, 15) is 4.79 Å². The third-order valence-corrected chi connectivity index (χ3v) is 2.98. The summed E-state index contributed by atoms with van der Waals surface area (Å²) in [5.74, 6) is -0.192. The van der Waals surface area contributed by atoms with Crippen molar-refractivity contribution in [1.82, 2.24) is 15.1 Å². The quantitative estimate of drug-likeness (QED) is 0.849. The highest BCUT2D eigenvalue weighted by Gasteiger charge is 2.17. The van der Waals surface area contributed by atoms with Crippen molar-refractivity contribution >= 4 is 5.91 Å². The van der Waals surface area contributed by atoms with Gasteiger partial charge in [-0.2, -0.15) is 5.10 Å². The molecule has 100 valence electrons. The Morgan fingerprint density at radius 3 is 2.68 bits per heavy atom. The number of carbonyl (C=O) groups excluding carboxylic acids is 1. The summed E-state index contributed by atoms with van der Waals surface area (Å²) in [7, 11) is 1.72. The zero-order valence-electron chi connectivity index (χ0n) is 10.8. The van der Waals surface area contributed by atoms with Crippen LogP contribution in [0.1, 0.15) is 28.5 Å². The van der Waals surface area contributed by atoms with Gasteiger partial charge in [-0.1, -0.05) is 30.3 Å². The Hall–Kier alpha value is -2.14. The third-order valence-electron chi connectivity index (χ3n) is 2.98. The summed E-state index contributed by atoms with van der Waals surface area (Å²) in [6.07, 6.45) is 2.06. The summed E-state index contributed by atoms with van der Waals surface area (Å²) in [5, 5.41) is 16.0. The van der Waals surface area contributed by atoms with Gasteiger partial charge in [-0.05, 0) is 18.1 Å². The molecule has 0 bridgehead atoms. The van der Waals surface area contributed by atoms with E-state index < -0.39 is 0 Å². The zero-order chi connectivity index (χ0) is 13.7. The SMILES string of the molecule is Cn1nccc1C(=O)NC(CCO)c1ccccc1. The van der Waals surface area contributed by atoms with Crippen LogP contribution in [0.5, 0.6) is 0 Å². The molecular formula is C14H17N3O2. The molecule has 1 aromatic carbocycles. The summed E-state index contributed by atoms with van der Waals surface area (Å²) < 4.78 is 1.52. The van der Waals surface area contributed by atoms with Gasteiger partial charge in [0.05, 0.1) is 6.04 Å². The second-order valence-electron chi connectivity index (χ2n) is 4.29. The minimum Gasteiger partial charge on any atom is -0.396 e. The Balaban J connectivity index is 2.14. The molecule has 0 aliphatic rings. The van der Waals surface area contributed by atoms with Crippen LogP contribution in [0.3, 0.4) is 0 Å². The topological polar surface area (TPSA) is 67.2 Å². The number of amides is 1. The van der Waals surface area contributed by atoms with Gasteiger partial charge >= 0.3 is 0 Å². The highest BCUT2D eigenvalue weighted by molar-refractivity contribution is 5.92. The molecular weight excluding hydrogens is 242 g/mol. The molecule has 0 fully saturated rings. The predicted molar refractivity (Wildman–Crippen MR) is 71.6 cm³/mol. The molecule has 0 saturated heterocycles. The van der Waals surface area contributed by atoms with Crippen LogP contribution >= 0.6 is 0 Å². The van der Waals surface area contributed by atoms with Crippen molar-refractivity contribution in [2.75, 3.05) is 6.61 Å². The maximum Gasteiger partial charge on any atom is 0.270 e. The lowest BCUT2D eigenvalue weighted by Gasteiger charge is -2.18. The molecule has 5 heteroatoms. The van der Waals surface area contributed by atoms with Gasteiger partial charge in [0.1, 0.15) is 5.69 Å². The van der Waals surface area contributed by atoms with E-state index in [-0.39, 0.29) is 18.6 Å². The summed E-state index contributed by atoms with van der Waals surface area (Å²) in [6.45, 7) is 0.0191. The highest BCUT2D eigenvalue weighted by Crippen LogP contribution is 2.16. The molecule has 0 radical (unpaired) electrons. The number of nitrogens with one attached hydrogen (secondary N) is 1. The van der Waals surface area contributed by atoms with Gasteiger partial charge < -0.3 is 10.4 Å². The van der Waals surface area contributed by atoms with Crippen LogP contribution < -0.4 is 5.32 Å². The maximum absolute atomic E-state index is 12.1. The lowest BCUT2D eigenvalue weighted by atomic mass is 10.0. The van der Waals surface area contributed by atoms with Gasteiger partial charge in [0.2, 0.25) is 0 Å². The first-order chi connectivity index (χ1) is 9.22. The fourth-order valence-electron chi connectivity index (χ4n) is 1.97. The second kappa shape index (κ2) is 6.15. The number of aromatic nitrogens is 2. The van der Waals surface area contributed by atoms with Gasteiger partial charge in [0.25, 0.3) is 5.91 Å². The highest BCUT2D eigenvalue weighted by atomic mass is 16.3. The van der Waals surface area contributed by atoms with Crippen LogP contribution in [0.15, 0.2) is 42.6 Å². The first-order valence-electron chi connectivity index (χ1n) is 6.17. The first-order valence-corrected chi connectivity index (χ1v) is 6.17. The Bertz CT molecular complexity index is 537. The van der Waals surface area contributed by atoms with E-state index in [1.165, 1.54) is 4.68 Å². The van der Waals surface area contributed by atoms with E-state index in [0.717, 1.165) is 5.56 Å². The minimum absolute atomic E-state index is 0.0191. The number of rotatable bonds is 5. The monoisotopic (exact) mass is 259 g/mol. The van der Waals surface area contributed by atoms with E-state index in [0.29, 0.717) is 12.1 Å². The van der Waals surface area contributed by atoms with E-state index >= 15 is 0 Å². The molecule has 5 nitrogen and oxygen atoms in total. The molecule has 19 heavy (non-hydrogen) atoms. The fourth-order valence-corrected chi connectivity index (χ4v) is 1.97.